The number of aromatic nitrogens is 1. The summed E-state index contributed by atoms with van der Waals surface area (Å²) >= 11 is 1.68. The van der Waals surface area contributed by atoms with Crippen molar-refractivity contribution < 1.29 is 9.53 Å². The first-order valence-electron chi connectivity index (χ1n) is 8.39. The molecule has 128 valence electrons. The van der Waals surface area contributed by atoms with Crippen LogP contribution in [0.1, 0.15) is 17.7 Å². The van der Waals surface area contributed by atoms with E-state index in [1.807, 2.05) is 11.7 Å². The zero-order valence-electron chi connectivity index (χ0n) is 13.7. The van der Waals surface area contributed by atoms with Crippen molar-refractivity contribution in [2.24, 2.45) is 5.92 Å². The normalized spacial score (nSPS) is 25.2. The van der Waals surface area contributed by atoms with Crippen LogP contribution in [0.3, 0.4) is 0 Å². The van der Waals surface area contributed by atoms with Gasteiger partial charge in [0.2, 0.25) is 5.91 Å². The highest BCUT2D eigenvalue weighted by atomic mass is 32.1. The minimum absolute atomic E-state index is 0.0262. The van der Waals surface area contributed by atoms with Gasteiger partial charge in [-0.1, -0.05) is 0 Å². The van der Waals surface area contributed by atoms with Crippen molar-refractivity contribution in [1.29, 1.82) is 0 Å². The van der Waals surface area contributed by atoms with E-state index in [0.717, 1.165) is 58.8 Å². The van der Waals surface area contributed by atoms with Crippen molar-refractivity contribution in [2.75, 3.05) is 46.4 Å². The maximum atomic E-state index is 12.3. The molecule has 2 fully saturated rings. The maximum Gasteiger partial charge on any atom is 0.225 e. The number of carbonyl (C=O) groups is 1. The number of hydrogen-bond donors (Lipinski definition) is 1. The van der Waals surface area contributed by atoms with Gasteiger partial charge in [0.25, 0.3) is 0 Å². The Morgan fingerprint density at radius 2 is 2.22 bits per heavy atom. The van der Waals surface area contributed by atoms with Gasteiger partial charge in [-0.05, 0) is 12.8 Å². The quantitative estimate of drug-likeness (QED) is 0.880. The third-order valence-corrected chi connectivity index (χ3v) is 5.59. The van der Waals surface area contributed by atoms with E-state index >= 15 is 0 Å². The van der Waals surface area contributed by atoms with Crippen molar-refractivity contribution in [3.8, 4) is 0 Å². The highest BCUT2D eigenvalue weighted by molar-refractivity contribution is 7.09. The first kappa shape index (κ1) is 16.8. The lowest BCUT2D eigenvalue weighted by atomic mass is 10.0. The largest absolute Gasteiger partial charge is 0.381 e. The smallest absolute Gasteiger partial charge is 0.225 e. The lowest BCUT2D eigenvalue weighted by molar-refractivity contribution is -0.125. The van der Waals surface area contributed by atoms with Crippen LogP contribution in [0.4, 0.5) is 0 Å². The second kappa shape index (κ2) is 8.19. The molecule has 2 saturated heterocycles. The molecule has 1 aromatic heterocycles. The van der Waals surface area contributed by atoms with E-state index in [2.05, 4.69) is 20.1 Å². The van der Waals surface area contributed by atoms with Gasteiger partial charge in [-0.15, -0.1) is 11.3 Å². The van der Waals surface area contributed by atoms with Gasteiger partial charge in [0.1, 0.15) is 0 Å². The molecule has 0 bridgehead atoms. The van der Waals surface area contributed by atoms with Gasteiger partial charge in [0, 0.05) is 70.1 Å². The van der Waals surface area contributed by atoms with E-state index in [1.54, 1.807) is 18.4 Å². The minimum Gasteiger partial charge on any atom is -0.381 e. The van der Waals surface area contributed by atoms with Gasteiger partial charge in [-0.2, -0.15) is 0 Å². The molecule has 2 aliphatic heterocycles. The summed E-state index contributed by atoms with van der Waals surface area (Å²) in [6, 6.07) is 0.555. The number of rotatable bonds is 4. The van der Waals surface area contributed by atoms with Crippen molar-refractivity contribution in [3.63, 3.8) is 0 Å². The fourth-order valence-corrected chi connectivity index (χ4v) is 4.18. The van der Waals surface area contributed by atoms with Gasteiger partial charge in [0.05, 0.1) is 11.4 Å². The van der Waals surface area contributed by atoms with Crippen LogP contribution in [0, 0.1) is 5.92 Å². The molecule has 1 atom stereocenters. The number of nitrogens with zero attached hydrogens (tertiary/aromatic N) is 3. The van der Waals surface area contributed by atoms with Gasteiger partial charge >= 0.3 is 0 Å². The molecule has 1 N–H and O–H groups in total. The Morgan fingerprint density at radius 1 is 1.39 bits per heavy atom. The molecule has 0 radical (unpaired) electrons. The van der Waals surface area contributed by atoms with Gasteiger partial charge in [0.15, 0.2) is 0 Å². The molecule has 0 unspecified atom stereocenters. The molecular weight excluding hydrogens is 312 g/mol. The third-order valence-electron chi connectivity index (χ3n) is 4.82. The SMILES string of the molecule is CNC(=O)[C@@H]1CN(Cc2cncs2)CCN(C2CCOCC2)C1. The summed E-state index contributed by atoms with van der Waals surface area (Å²) in [6.07, 6.45) is 4.09. The van der Waals surface area contributed by atoms with E-state index in [0.29, 0.717) is 6.04 Å². The van der Waals surface area contributed by atoms with E-state index in [1.165, 1.54) is 4.88 Å². The van der Waals surface area contributed by atoms with Crippen LogP contribution in [0.15, 0.2) is 11.7 Å². The Balaban J connectivity index is 1.67. The van der Waals surface area contributed by atoms with E-state index in [9.17, 15) is 4.79 Å². The lowest BCUT2D eigenvalue weighted by Gasteiger charge is -2.34. The van der Waals surface area contributed by atoms with Crippen molar-refractivity contribution in [1.82, 2.24) is 20.1 Å². The fraction of sp³-hybridized carbons (Fsp3) is 0.750. The first-order chi connectivity index (χ1) is 11.3. The fourth-order valence-electron chi connectivity index (χ4n) is 3.54. The molecule has 0 aromatic carbocycles. The molecule has 23 heavy (non-hydrogen) atoms. The monoisotopic (exact) mass is 338 g/mol. The number of hydrogen-bond acceptors (Lipinski definition) is 6. The second-order valence-corrected chi connectivity index (χ2v) is 7.32. The van der Waals surface area contributed by atoms with Crippen molar-refractivity contribution in [3.05, 3.63) is 16.6 Å². The van der Waals surface area contributed by atoms with Gasteiger partial charge in [-0.25, -0.2) is 0 Å². The van der Waals surface area contributed by atoms with E-state index in [4.69, 9.17) is 4.74 Å². The second-order valence-electron chi connectivity index (χ2n) is 6.35. The van der Waals surface area contributed by atoms with Gasteiger partial charge < -0.3 is 10.1 Å². The number of amides is 1. The van der Waals surface area contributed by atoms with Crippen LogP contribution in [0.2, 0.25) is 0 Å². The highest BCUT2D eigenvalue weighted by Gasteiger charge is 2.31. The van der Waals surface area contributed by atoms with Crippen LogP contribution in [-0.4, -0.2) is 73.2 Å². The van der Waals surface area contributed by atoms with E-state index in [-0.39, 0.29) is 11.8 Å². The van der Waals surface area contributed by atoms with Crippen LogP contribution in [-0.2, 0) is 16.1 Å². The van der Waals surface area contributed by atoms with Gasteiger partial charge in [-0.3, -0.25) is 19.6 Å². The Bertz CT molecular complexity index is 490. The molecule has 1 amide bonds. The molecule has 0 saturated carbocycles. The Labute approximate surface area is 141 Å². The zero-order chi connectivity index (χ0) is 16.1. The number of thiazole rings is 1. The lowest BCUT2D eigenvalue weighted by Crippen LogP contribution is -2.45. The Hall–Kier alpha value is -1.02. The van der Waals surface area contributed by atoms with Crippen LogP contribution < -0.4 is 5.32 Å². The molecule has 1 aromatic rings. The predicted octanol–water partition coefficient (Wildman–Crippen LogP) is 0.802. The molecule has 6 nitrogen and oxygen atoms in total. The molecule has 7 heteroatoms. The molecule has 2 aliphatic rings. The standard InChI is InChI=1S/C16H26N4O2S/c1-17-16(21)13-9-19(11-15-8-18-12-23-15)4-5-20(10-13)14-2-6-22-7-3-14/h8,12-14H,2-7,9-11H2,1H3,(H,17,21)/t13-/m1/s1. The molecule has 3 rings (SSSR count). The summed E-state index contributed by atoms with van der Waals surface area (Å²) in [7, 11) is 1.74. The van der Waals surface area contributed by atoms with Crippen LogP contribution in [0.5, 0.6) is 0 Å². The summed E-state index contributed by atoms with van der Waals surface area (Å²) in [5.74, 6) is 0.177. The van der Waals surface area contributed by atoms with Crippen molar-refractivity contribution >= 4 is 17.2 Å². The number of nitrogens with one attached hydrogen (secondary N) is 1. The Morgan fingerprint density at radius 3 is 2.91 bits per heavy atom. The molecular formula is C16H26N4O2S. The molecule has 3 heterocycles. The van der Waals surface area contributed by atoms with E-state index < -0.39 is 0 Å². The average molecular weight is 338 g/mol. The van der Waals surface area contributed by atoms with Crippen LogP contribution in [0.25, 0.3) is 0 Å². The molecule has 0 aliphatic carbocycles. The Kier molecular flexibility index (Phi) is 5.99. The predicted molar refractivity (Wildman–Crippen MR) is 90.4 cm³/mol. The highest BCUT2D eigenvalue weighted by Crippen LogP contribution is 2.21. The summed E-state index contributed by atoms with van der Waals surface area (Å²) < 4.78 is 5.49. The summed E-state index contributed by atoms with van der Waals surface area (Å²) in [4.78, 5) is 22.6. The third kappa shape index (κ3) is 4.50. The minimum atomic E-state index is 0.0262. The van der Waals surface area contributed by atoms with Crippen LogP contribution >= 0.6 is 11.3 Å². The summed E-state index contributed by atoms with van der Waals surface area (Å²) in [5.41, 5.74) is 1.87. The van der Waals surface area contributed by atoms with Crippen molar-refractivity contribution in [2.45, 2.75) is 25.4 Å². The zero-order valence-corrected chi connectivity index (χ0v) is 14.6. The summed E-state index contributed by atoms with van der Waals surface area (Å²) in [6.45, 7) is 6.27. The maximum absolute atomic E-state index is 12.3. The number of carbonyl (C=O) groups excluding carboxylic acids is 1. The first-order valence-corrected chi connectivity index (χ1v) is 9.27. The number of ether oxygens (including phenoxy) is 1. The molecule has 0 spiro atoms. The summed E-state index contributed by atoms with van der Waals surface area (Å²) in [5, 5.41) is 2.84. The topological polar surface area (TPSA) is 57.7 Å². The average Bonchev–Trinajstić information content (AvgIpc) is 3.00.